The summed E-state index contributed by atoms with van der Waals surface area (Å²) in [6.07, 6.45) is 4.72. The van der Waals surface area contributed by atoms with Crippen LogP contribution in [-0.4, -0.2) is 32.7 Å². The zero-order chi connectivity index (χ0) is 20.4. The first kappa shape index (κ1) is 18.5. The Bertz CT molecular complexity index is 1170. The van der Waals surface area contributed by atoms with Gasteiger partial charge in [-0.05, 0) is 17.7 Å². The maximum Gasteiger partial charge on any atom is 0.268 e. The zero-order valence-corrected chi connectivity index (χ0v) is 15.6. The number of hydrogen-bond acceptors (Lipinski definition) is 4. The number of benzene rings is 1. The standard InChI is InChI=1S/C20H18FN5O3/c1-25-16-6-7-29-18(16)8-17(25)20(28)22-10-19(27)24-15-9-23-26(12-15)11-13-2-4-14(21)5-3-13/h2-9,12H,10-11H2,1H3,(H,22,28)(H,24,27). The van der Waals surface area contributed by atoms with Gasteiger partial charge in [0.25, 0.3) is 5.91 Å². The molecule has 0 unspecified atom stereocenters. The largest absolute Gasteiger partial charge is 0.463 e. The Labute approximate surface area is 164 Å². The zero-order valence-electron chi connectivity index (χ0n) is 15.6. The third-order valence-electron chi connectivity index (χ3n) is 4.48. The molecular weight excluding hydrogens is 377 g/mol. The summed E-state index contributed by atoms with van der Waals surface area (Å²) in [5.41, 5.74) is 3.19. The van der Waals surface area contributed by atoms with Crippen molar-refractivity contribution in [2.45, 2.75) is 6.54 Å². The number of aryl methyl sites for hydroxylation is 1. The smallest absolute Gasteiger partial charge is 0.268 e. The normalized spacial score (nSPS) is 11.0. The van der Waals surface area contributed by atoms with E-state index >= 15 is 0 Å². The molecule has 0 bridgehead atoms. The van der Waals surface area contributed by atoms with E-state index in [1.54, 1.807) is 53.0 Å². The van der Waals surface area contributed by atoms with Crippen LogP contribution in [0.4, 0.5) is 10.1 Å². The van der Waals surface area contributed by atoms with Gasteiger partial charge in [0, 0.05) is 25.4 Å². The Morgan fingerprint density at radius 2 is 2.00 bits per heavy atom. The first-order valence-electron chi connectivity index (χ1n) is 8.87. The Morgan fingerprint density at radius 3 is 2.76 bits per heavy atom. The third kappa shape index (κ3) is 4.03. The van der Waals surface area contributed by atoms with Gasteiger partial charge in [0.1, 0.15) is 11.5 Å². The molecule has 148 valence electrons. The Hall–Kier alpha value is -3.88. The monoisotopic (exact) mass is 395 g/mol. The number of aromatic nitrogens is 3. The van der Waals surface area contributed by atoms with E-state index in [9.17, 15) is 14.0 Å². The Kier molecular flexibility index (Phi) is 4.86. The number of halogens is 1. The topological polar surface area (TPSA) is 94.1 Å². The van der Waals surface area contributed by atoms with Crippen LogP contribution < -0.4 is 10.6 Å². The lowest BCUT2D eigenvalue weighted by molar-refractivity contribution is -0.115. The van der Waals surface area contributed by atoms with Gasteiger partial charge in [0.2, 0.25) is 5.91 Å². The molecule has 0 aliphatic heterocycles. The molecule has 4 rings (SSSR count). The van der Waals surface area contributed by atoms with Gasteiger partial charge in [-0.2, -0.15) is 5.10 Å². The molecule has 2 N–H and O–H groups in total. The van der Waals surface area contributed by atoms with E-state index < -0.39 is 0 Å². The number of anilines is 1. The lowest BCUT2D eigenvalue weighted by atomic mass is 10.2. The lowest BCUT2D eigenvalue weighted by Gasteiger charge is -2.06. The predicted molar refractivity (Wildman–Crippen MR) is 104 cm³/mol. The Balaban J connectivity index is 1.31. The van der Waals surface area contributed by atoms with E-state index in [0.29, 0.717) is 23.5 Å². The summed E-state index contributed by atoms with van der Waals surface area (Å²) in [4.78, 5) is 24.5. The molecular formula is C20H18FN5O3. The summed E-state index contributed by atoms with van der Waals surface area (Å²) in [5, 5.41) is 9.43. The molecule has 9 heteroatoms. The molecule has 0 saturated heterocycles. The fourth-order valence-electron chi connectivity index (χ4n) is 3.02. The second-order valence-corrected chi connectivity index (χ2v) is 6.54. The number of carbonyl (C=O) groups excluding carboxylic acids is 2. The number of hydrogen-bond donors (Lipinski definition) is 2. The summed E-state index contributed by atoms with van der Waals surface area (Å²) in [6.45, 7) is 0.260. The molecule has 0 fully saturated rings. The molecule has 0 saturated carbocycles. The number of fused-ring (bicyclic) bond motifs is 1. The van der Waals surface area contributed by atoms with Gasteiger partial charge in [-0.15, -0.1) is 0 Å². The second-order valence-electron chi connectivity index (χ2n) is 6.54. The van der Waals surface area contributed by atoms with Crippen LogP contribution in [0.25, 0.3) is 11.1 Å². The van der Waals surface area contributed by atoms with Crippen molar-refractivity contribution in [1.29, 1.82) is 0 Å². The van der Waals surface area contributed by atoms with Crippen molar-refractivity contribution in [1.82, 2.24) is 19.7 Å². The van der Waals surface area contributed by atoms with E-state index in [1.165, 1.54) is 18.3 Å². The van der Waals surface area contributed by atoms with E-state index in [0.717, 1.165) is 11.1 Å². The van der Waals surface area contributed by atoms with Crippen LogP contribution >= 0.6 is 0 Å². The van der Waals surface area contributed by atoms with E-state index in [4.69, 9.17) is 4.42 Å². The van der Waals surface area contributed by atoms with Crippen LogP contribution in [0.5, 0.6) is 0 Å². The average Bonchev–Trinajstić information content (AvgIpc) is 3.40. The van der Waals surface area contributed by atoms with Crippen molar-refractivity contribution < 1.29 is 18.4 Å². The molecule has 4 aromatic rings. The van der Waals surface area contributed by atoms with Gasteiger partial charge in [-0.1, -0.05) is 12.1 Å². The highest BCUT2D eigenvalue weighted by molar-refractivity contribution is 6.00. The fourth-order valence-corrected chi connectivity index (χ4v) is 3.02. The summed E-state index contributed by atoms with van der Waals surface area (Å²) in [5.74, 6) is -1.05. The minimum atomic E-state index is -0.377. The average molecular weight is 395 g/mol. The number of carbonyl (C=O) groups is 2. The molecule has 0 radical (unpaired) electrons. The second kappa shape index (κ2) is 7.63. The summed E-state index contributed by atoms with van der Waals surface area (Å²) in [6, 6.07) is 9.50. The number of rotatable bonds is 6. The maximum atomic E-state index is 13.0. The van der Waals surface area contributed by atoms with Crippen LogP contribution in [-0.2, 0) is 18.4 Å². The van der Waals surface area contributed by atoms with Crippen molar-refractivity contribution in [2.75, 3.05) is 11.9 Å². The SMILES string of the molecule is Cn1c(C(=O)NCC(=O)Nc2cnn(Cc3ccc(F)cc3)c2)cc2occc21. The fraction of sp³-hybridized carbons (Fsp3) is 0.150. The molecule has 0 spiro atoms. The molecule has 3 aromatic heterocycles. The molecule has 1 aromatic carbocycles. The minimum Gasteiger partial charge on any atom is -0.463 e. The molecule has 0 atom stereocenters. The Morgan fingerprint density at radius 1 is 1.21 bits per heavy atom. The molecule has 3 heterocycles. The number of furan rings is 1. The highest BCUT2D eigenvalue weighted by Crippen LogP contribution is 2.19. The molecule has 2 amide bonds. The van der Waals surface area contributed by atoms with Crippen molar-refractivity contribution >= 4 is 28.6 Å². The highest BCUT2D eigenvalue weighted by Gasteiger charge is 2.16. The molecule has 29 heavy (non-hydrogen) atoms. The lowest BCUT2D eigenvalue weighted by Crippen LogP contribution is -2.33. The van der Waals surface area contributed by atoms with Gasteiger partial charge < -0.3 is 19.6 Å². The summed E-state index contributed by atoms with van der Waals surface area (Å²) < 4.78 is 21.6. The molecule has 0 aliphatic rings. The molecule has 8 nitrogen and oxygen atoms in total. The number of amides is 2. The van der Waals surface area contributed by atoms with Crippen molar-refractivity contribution in [3.8, 4) is 0 Å². The maximum absolute atomic E-state index is 13.0. The first-order valence-corrected chi connectivity index (χ1v) is 8.87. The van der Waals surface area contributed by atoms with Crippen LogP contribution in [0.1, 0.15) is 16.1 Å². The number of nitrogens with zero attached hydrogens (tertiary/aromatic N) is 3. The van der Waals surface area contributed by atoms with Crippen molar-refractivity contribution in [3.05, 3.63) is 72.1 Å². The van der Waals surface area contributed by atoms with Gasteiger partial charge in [-0.25, -0.2) is 4.39 Å². The van der Waals surface area contributed by atoms with Crippen LogP contribution in [0, 0.1) is 5.82 Å². The minimum absolute atomic E-state index is 0.186. The van der Waals surface area contributed by atoms with Crippen molar-refractivity contribution in [2.24, 2.45) is 7.05 Å². The predicted octanol–water partition coefficient (Wildman–Crippen LogP) is 2.52. The highest BCUT2D eigenvalue weighted by atomic mass is 19.1. The van der Waals surface area contributed by atoms with Crippen LogP contribution in [0.15, 0.2) is 59.5 Å². The van der Waals surface area contributed by atoms with E-state index in [-0.39, 0.29) is 24.2 Å². The van der Waals surface area contributed by atoms with Crippen LogP contribution in [0.3, 0.4) is 0 Å². The van der Waals surface area contributed by atoms with Gasteiger partial charge in [0.05, 0.1) is 36.8 Å². The van der Waals surface area contributed by atoms with E-state index in [1.807, 2.05) is 0 Å². The summed E-state index contributed by atoms with van der Waals surface area (Å²) >= 11 is 0. The van der Waals surface area contributed by atoms with Gasteiger partial charge >= 0.3 is 0 Å². The van der Waals surface area contributed by atoms with Gasteiger partial charge in [0.15, 0.2) is 5.58 Å². The summed E-state index contributed by atoms with van der Waals surface area (Å²) in [7, 11) is 1.75. The quantitative estimate of drug-likeness (QED) is 0.525. The third-order valence-corrected chi connectivity index (χ3v) is 4.48. The van der Waals surface area contributed by atoms with Crippen LogP contribution in [0.2, 0.25) is 0 Å². The first-order chi connectivity index (χ1) is 14.0. The molecule has 0 aliphatic carbocycles. The number of nitrogens with one attached hydrogen (secondary N) is 2. The van der Waals surface area contributed by atoms with E-state index in [2.05, 4.69) is 15.7 Å². The van der Waals surface area contributed by atoms with Crippen molar-refractivity contribution in [3.63, 3.8) is 0 Å². The van der Waals surface area contributed by atoms with Gasteiger partial charge in [-0.3, -0.25) is 14.3 Å².